The van der Waals surface area contributed by atoms with Crippen molar-refractivity contribution in [1.29, 1.82) is 0 Å². The highest BCUT2D eigenvalue weighted by Gasteiger charge is 2.21. The van der Waals surface area contributed by atoms with Crippen LogP contribution in [-0.4, -0.2) is 8.07 Å². The van der Waals surface area contributed by atoms with Gasteiger partial charge in [-0.2, -0.15) is 0 Å². The highest BCUT2D eigenvalue weighted by Crippen LogP contribution is 2.37. The van der Waals surface area contributed by atoms with E-state index < -0.39 is 8.07 Å². The molecule has 0 spiro atoms. The van der Waals surface area contributed by atoms with Gasteiger partial charge in [0.05, 0.1) is 8.07 Å². The number of hydrogen-bond acceptors (Lipinski definition) is 0. The van der Waals surface area contributed by atoms with Gasteiger partial charge in [-0.25, -0.2) is 0 Å². The number of rotatable bonds is 3. The summed E-state index contributed by atoms with van der Waals surface area (Å²) in [4.78, 5) is 0. The molecule has 0 amide bonds. The Labute approximate surface area is 142 Å². The monoisotopic (exact) mass is 320 g/mol. The van der Waals surface area contributed by atoms with E-state index in [1.54, 1.807) is 5.57 Å². The van der Waals surface area contributed by atoms with Crippen LogP contribution >= 0.6 is 0 Å². The van der Waals surface area contributed by atoms with E-state index in [0.29, 0.717) is 5.92 Å². The number of fused-ring (bicyclic) bond motifs is 1. The third-order valence-electron chi connectivity index (χ3n) is 5.11. The Balaban J connectivity index is 2.07. The average Bonchev–Trinajstić information content (AvgIpc) is 2.93. The van der Waals surface area contributed by atoms with Gasteiger partial charge in [-0.1, -0.05) is 86.7 Å². The largest absolute Gasteiger partial charge is 0.0775 e. The zero-order chi connectivity index (χ0) is 16.8. The zero-order valence-electron chi connectivity index (χ0n) is 15.3. The molecular formula is C22H28Si. The maximum Gasteiger partial charge on any atom is 0.0775 e. The Morgan fingerprint density at radius 3 is 2.13 bits per heavy atom. The van der Waals surface area contributed by atoms with Crippen LogP contribution in [0.4, 0.5) is 0 Å². The van der Waals surface area contributed by atoms with E-state index in [4.69, 9.17) is 0 Å². The van der Waals surface area contributed by atoms with Gasteiger partial charge in [0.25, 0.3) is 0 Å². The molecule has 0 saturated heterocycles. The minimum Gasteiger partial charge on any atom is -0.0656 e. The summed E-state index contributed by atoms with van der Waals surface area (Å²) in [5.74, 6) is 0.629. The van der Waals surface area contributed by atoms with Crippen LogP contribution in [0.15, 0.2) is 42.0 Å². The van der Waals surface area contributed by atoms with Crippen molar-refractivity contribution in [3.05, 3.63) is 58.7 Å². The van der Waals surface area contributed by atoms with Crippen LogP contribution in [-0.2, 0) is 6.42 Å². The Morgan fingerprint density at radius 1 is 0.913 bits per heavy atom. The lowest BCUT2D eigenvalue weighted by atomic mass is 9.94. The van der Waals surface area contributed by atoms with Crippen LogP contribution < -0.4 is 5.19 Å². The Morgan fingerprint density at radius 2 is 1.57 bits per heavy atom. The molecule has 2 aromatic rings. The molecule has 23 heavy (non-hydrogen) atoms. The van der Waals surface area contributed by atoms with Gasteiger partial charge in [0.1, 0.15) is 0 Å². The van der Waals surface area contributed by atoms with Crippen molar-refractivity contribution in [3.63, 3.8) is 0 Å². The standard InChI is InChI=1S/C22H28Si/c1-15(2)18-13-21-16(3)7-12-20(22(21)14-18)17-8-10-19(11-9-17)23(4,5)6/h7-12,14-15H,13H2,1-6H3. The minimum absolute atomic E-state index is 0.629. The second-order valence-electron chi connectivity index (χ2n) is 8.20. The van der Waals surface area contributed by atoms with Crippen LogP contribution in [0.3, 0.4) is 0 Å². The summed E-state index contributed by atoms with van der Waals surface area (Å²) in [7, 11) is -1.22. The molecule has 0 saturated carbocycles. The highest BCUT2D eigenvalue weighted by atomic mass is 28.3. The van der Waals surface area contributed by atoms with E-state index in [9.17, 15) is 0 Å². The van der Waals surface area contributed by atoms with Crippen LogP contribution in [0.2, 0.25) is 19.6 Å². The SMILES string of the molecule is Cc1ccc(-c2ccc([Si](C)(C)C)cc2)c2c1CC(C(C)C)=C2. The van der Waals surface area contributed by atoms with Crippen molar-refractivity contribution in [2.24, 2.45) is 5.92 Å². The summed E-state index contributed by atoms with van der Waals surface area (Å²) in [6.45, 7) is 14.1. The molecule has 0 heterocycles. The van der Waals surface area contributed by atoms with Crippen molar-refractivity contribution in [2.45, 2.75) is 46.8 Å². The van der Waals surface area contributed by atoms with Crippen LogP contribution in [0.25, 0.3) is 17.2 Å². The molecule has 1 heteroatoms. The van der Waals surface area contributed by atoms with E-state index in [1.807, 2.05) is 0 Å². The Kier molecular flexibility index (Phi) is 4.10. The molecule has 0 bridgehead atoms. The fourth-order valence-corrected chi connectivity index (χ4v) is 4.55. The maximum atomic E-state index is 2.44. The third kappa shape index (κ3) is 3.07. The molecule has 0 aliphatic heterocycles. The first kappa shape index (κ1) is 16.3. The Hall–Kier alpha value is -1.60. The van der Waals surface area contributed by atoms with E-state index in [-0.39, 0.29) is 0 Å². The second kappa shape index (κ2) is 5.79. The first-order chi connectivity index (χ1) is 10.8. The van der Waals surface area contributed by atoms with Gasteiger partial charge in [-0.05, 0) is 47.1 Å². The summed E-state index contributed by atoms with van der Waals surface area (Å²) in [5, 5.41) is 1.53. The molecule has 2 aromatic carbocycles. The van der Waals surface area contributed by atoms with E-state index >= 15 is 0 Å². The Bertz CT molecular complexity index is 756. The predicted octanol–water partition coefficient (Wildman–Crippen LogP) is 5.80. The fraction of sp³-hybridized carbons (Fsp3) is 0.364. The lowest BCUT2D eigenvalue weighted by molar-refractivity contribution is 0.754. The average molecular weight is 321 g/mol. The summed E-state index contributed by atoms with van der Waals surface area (Å²) < 4.78 is 0. The predicted molar refractivity (Wildman–Crippen MR) is 106 cm³/mol. The van der Waals surface area contributed by atoms with E-state index in [2.05, 4.69) is 82.9 Å². The molecule has 1 aliphatic rings. The van der Waals surface area contributed by atoms with Crippen molar-refractivity contribution in [2.75, 3.05) is 0 Å². The molecule has 120 valence electrons. The summed E-state index contributed by atoms with van der Waals surface area (Å²) in [6.07, 6.45) is 3.56. The number of hydrogen-bond donors (Lipinski definition) is 0. The van der Waals surface area contributed by atoms with Gasteiger partial charge in [0.2, 0.25) is 0 Å². The molecule has 0 atom stereocenters. The molecule has 0 unspecified atom stereocenters. The second-order valence-corrected chi connectivity index (χ2v) is 13.3. The van der Waals surface area contributed by atoms with Crippen molar-refractivity contribution in [3.8, 4) is 11.1 Å². The van der Waals surface area contributed by atoms with Crippen molar-refractivity contribution >= 4 is 19.3 Å². The summed E-state index contributed by atoms with van der Waals surface area (Å²) in [6, 6.07) is 13.9. The number of allylic oxidation sites excluding steroid dienone is 1. The summed E-state index contributed by atoms with van der Waals surface area (Å²) in [5.41, 5.74) is 8.71. The van der Waals surface area contributed by atoms with Gasteiger partial charge >= 0.3 is 0 Å². The van der Waals surface area contributed by atoms with Gasteiger partial charge in [0, 0.05) is 0 Å². The van der Waals surface area contributed by atoms with Gasteiger partial charge in [-0.15, -0.1) is 0 Å². The summed E-state index contributed by atoms with van der Waals surface area (Å²) >= 11 is 0. The highest BCUT2D eigenvalue weighted by molar-refractivity contribution is 6.88. The number of aryl methyl sites for hydroxylation is 1. The quantitative estimate of drug-likeness (QED) is 0.627. The van der Waals surface area contributed by atoms with Crippen LogP contribution in [0, 0.1) is 12.8 Å². The van der Waals surface area contributed by atoms with Crippen molar-refractivity contribution in [1.82, 2.24) is 0 Å². The number of benzene rings is 2. The first-order valence-corrected chi connectivity index (χ1v) is 12.2. The minimum atomic E-state index is -1.22. The van der Waals surface area contributed by atoms with Gasteiger partial charge < -0.3 is 0 Å². The third-order valence-corrected chi connectivity index (χ3v) is 7.17. The van der Waals surface area contributed by atoms with E-state index in [1.165, 1.54) is 33.0 Å². The van der Waals surface area contributed by atoms with Gasteiger partial charge in [0.15, 0.2) is 0 Å². The smallest absolute Gasteiger partial charge is 0.0656 e. The first-order valence-electron chi connectivity index (χ1n) is 8.71. The van der Waals surface area contributed by atoms with Gasteiger partial charge in [-0.3, -0.25) is 0 Å². The molecule has 0 N–H and O–H groups in total. The molecule has 1 aliphatic carbocycles. The van der Waals surface area contributed by atoms with Crippen molar-refractivity contribution < 1.29 is 0 Å². The molecular weight excluding hydrogens is 292 g/mol. The fourth-order valence-electron chi connectivity index (χ4n) is 3.39. The molecule has 3 rings (SSSR count). The van der Waals surface area contributed by atoms with Crippen LogP contribution in [0.5, 0.6) is 0 Å². The molecule has 0 nitrogen and oxygen atoms in total. The zero-order valence-corrected chi connectivity index (χ0v) is 16.3. The van der Waals surface area contributed by atoms with Crippen LogP contribution in [0.1, 0.15) is 30.5 Å². The topological polar surface area (TPSA) is 0 Å². The maximum absolute atomic E-state index is 2.44. The molecule has 0 aromatic heterocycles. The molecule has 0 radical (unpaired) electrons. The lowest BCUT2D eigenvalue weighted by Crippen LogP contribution is -2.37. The normalized spacial score (nSPS) is 14.1. The lowest BCUT2D eigenvalue weighted by Gasteiger charge is -2.17. The van der Waals surface area contributed by atoms with E-state index in [0.717, 1.165) is 6.42 Å². The molecule has 0 fully saturated rings.